The van der Waals surface area contributed by atoms with E-state index >= 15 is 0 Å². The van der Waals surface area contributed by atoms with Crippen LogP contribution in [0.5, 0.6) is 0 Å². The summed E-state index contributed by atoms with van der Waals surface area (Å²) < 4.78 is 0. The van der Waals surface area contributed by atoms with E-state index in [9.17, 15) is 9.59 Å². The molecule has 3 rings (SSSR count). The first-order chi connectivity index (χ1) is 13.5. The number of aromatic nitrogens is 1. The summed E-state index contributed by atoms with van der Waals surface area (Å²) in [5.41, 5.74) is 2.84. The number of piperidine rings is 1. The third-order valence-electron chi connectivity index (χ3n) is 5.34. The van der Waals surface area contributed by atoms with Crippen molar-refractivity contribution in [2.75, 3.05) is 29.9 Å². The zero-order chi connectivity index (χ0) is 20.1. The van der Waals surface area contributed by atoms with E-state index in [0.717, 1.165) is 73.3 Å². The molecule has 28 heavy (non-hydrogen) atoms. The van der Waals surface area contributed by atoms with Gasteiger partial charge < -0.3 is 15.5 Å². The van der Waals surface area contributed by atoms with Gasteiger partial charge >= 0.3 is 0 Å². The number of benzene rings is 1. The maximum Gasteiger partial charge on any atom is 0.223 e. The average Bonchev–Trinajstić information content (AvgIpc) is 2.68. The average molecular weight is 383 g/mol. The first kappa shape index (κ1) is 20.1. The lowest BCUT2D eigenvalue weighted by Crippen LogP contribution is -2.41. The van der Waals surface area contributed by atoms with E-state index < -0.39 is 0 Å². The predicted octanol–water partition coefficient (Wildman–Crippen LogP) is 3.63. The summed E-state index contributed by atoms with van der Waals surface area (Å²) in [7, 11) is 0. The Labute approximate surface area is 166 Å². The maximum absolute atomic E-state index is 12.3. The number of fused-ring (bicyclic) bond motifs is 1. The van der Waals surface area contributed by atoms with Gasteiger partial charge in [0.2, 0.25) is 11.8 Å². The van der Waals surface area contributed by atoms with Gasteiger partial charge in [-0.25, -0.2) is 4.98 Å². The van der Waals surface area contributed by atoms with Crippen molar-refractivity contribution < 1.29 is 9.59 Å². The fourth-order valence-electron chi connectivity index (χ4n) is 3.72. The van der Waals surface area contributed by atoms with Crippen LogP contribution in [0.25, 0.3) is 10.9 Å². The number of nitrogens with zero attached hydrogens (tertiary/aromatic N) is 2. The largest absolute Gasteiger partial charge is 0.357 e. The number of aryl methyl sites for hydroxylation is 1. The van der Waals surface area contributed by atoms with Gasteiger partial charge in [-0.3, -0.25) is 9.59 Å². The van der Waals surface area contributed by atoms with Crippen LogP contribution in [0, 0.1) is 12.8 Å². The van der Waals surface area contributed by atoms with Crippen molar-refractivity contribution in [1.82, 2.24) is 10.3 Å². The number of hydrogen-bond acceptors (Lipinski definition) is 4. The van der Waals surface area contributed by atoms with E-state index in [4.69, 9.17) is 4.98 Å². The lowest BCUT2D eigenvalue weighted by Gasteiger charge is -2.32. The number of unbranched alkanes of at least 4 members (excludes halogenated alkanes) is 1. The lowest BCUT2D eigenvalue weighted by molar-refractivity contribution is -0.125. The molecule has 2 amide bonds. The second kappa shape index (κ2) is 9.04. The molecule has 150 valence electrons. The van der Waals surface area contributed by atoms with Crippen LogP contribution in [-0.4, -0.2) is 36.4 Å². The summed E-state index contributed by atoms with van der Waals surface area (Å²) in [4.78, 5) is 30.7. The van der Waals surface area contributed by atoms with Gasteiger partial charge in [-0.2, -0.15) is 0 Å². The molecule has 2 heterocycles. The lowest BCUT2D eigenvalue weighted by atomic mass is 9.95. The molecule has 1 saturated heterocycles. The predicted molar refractivity (Wildman–Crippen MR) is 114 cm³/mol. The SMILES string of the molecule is CCCCNC(=O)C1CCN(c2cc(C)c3cc(NC(C)=O)ccc3n2)CC1. The number of hydrogen-bond donors (Lipinski definition) is 2. The fourth-order valence-corrected chi connectivity index (χ4v) is 3.72. The van der Waals surface area contributed by atoms with Gasteiger partial charge in [-0.1, -0.05) is 13.3 Å². The van der Waals surface area contributed by atoms with Crippen LogP contribution in [0.1, 0.15) is 45.1 Å². The molecule has 1 aliphatic rings. The molecule has 1 aromatic carbocycles. The van der Waals surface area contributed by atoms with Crippen molar-refractivity contribution in [2.45, 2.75) is 46.5 Å². The van der Waals surface area contributed by atoms with Crippen molar-refractivity contribution in [3.8, 4) is 0 Å². The Bertz CT molecular complexity index is 857. The first-order valence-electron chi connectivity index (χ1n) is 10.2. The molecule has 0 saturated carbocycles. The number of anilines is 2. The Balaban J connectivity index is 1.68. The zero-order valence-corrected chi connectivity index (χ0v) is 17.0. The van der Waals surface area contributed by atoms with Crippen LogP contribution in [0.3, 0.4) is 0 Å². The van der Waals surface area contributed by atoms with Crippen LogP contribution >= 0.6 is 0 Å². The number of pyridine rings is 1. The Morgan fingerprint density at radius 1 is 1.21 bits per heavy atom. The molecule has 6 heteroatoms. The number of amides is 2. The van der Waals surface area contributed by atoms with Crippen molar-refractivity contribution in [3.05, 3.63) is 29.8 Å². The Morgan fingerprint density at radius 2 is 1.96 bits per heavy atom. The summed E-state index contributed by atoms with van der Waals surface area (Å²) in [5.74, 6) is 1.18. The fraction of sp³-hybridized carbons (Fsp3) is 0.500. The normalized spacial score (nSPS) is 14.9. The van der Waals surface area contributed by atoms with Crippen LogP contribution in [0.4, 0.5) is 11.5 Å². The van der Waals surface area contributed by atoms with E-state index in [2.05, 4.69) is 35.4 Å². The van der Waals surface area contributed by atoms with Crippen LogP contribution < -0.4 is 15.5 Å². The Hall–Kier alpha value is -2.63. The second-order valence-electron chi connectivity index (χ2n) is 7.62. The van der Waals surface area contributed by atoms with Crippen molar-refractivity contribution in [1.29, 1.82) is 0 Å². The molecule has 0 bridgehead atoms. The van der Waals surface area contributed by atoms with Crippen LogP contribution in [0.15, 0.2) is 24.3 Å². The van der Waals surface area contributed by atoms with Gasteiger partial charge in [0.05, 0.1) is 5.52 Å². The van der Waals surface area contributed by atoms with Crippen molar-refractivity contribution in [3.63, 3.8) is 0 Å². The number of nitrogens with one attached hydrogen (secondary N) is 2. The minimum absolute atomic E-state index is 0.0804. The topological polar surface area (TPSA) is 74.3 Å². The molecule has 0 spiro atoms. The molecule has 0 radical (unpaired) electrons. The first-order valence-corrected chi connectivity index (χ1v) is 10.2. The minimum Gasteiger partial charge on any atom is -0.357 e. The molecule has 0 atom stereocenters. The second-order valence-corrected chi connectivity index (χ2v) is 7.62. The molecule has 2 N–H and O–H groups in total. The standard InChI is InChI=1S/C22H30N4O2/c1-4-5-10-23-22(28)17-8-11-26(12-9-17)21-13-15(2)19-14-18(24-16(3)27)6-7-20(19)25-21/h6-7,13-14,17H,4-5,8-12H2,1-3H3,(H,23,28)(H,24,27). The Kier molecular flexibility index (Phi) is 6.49. The highest BCUT2D eigenvalue weighted by atomic mass is 16.2. The monoisotopic (exact) mass is 382 g/mol. The van der Waals surface area contributed by atoms with Gasteiger partial charge in [-0.05, 0) is 56.0 Å². The third-order valence-corrected chi connectivity index (χ3v) is 5.34. The maximum atomic E-state index is 12.3. The van der Waals surface area contributed by atoms with E-state index in [1.807, 2.05) is 18.2 Å². The van der Waals surface area contributed by atoms with Gasteiger partial charge in [0, 0.05) is 43.5 Å². The van der Waals surface area contributed by atoms with Crippen molar-refractivity contribution in [2.24, 2.45) is 5.92 Å². The van der Waals surface area contributed by atoms with E-state index in [0.29, 0.717) is 0 Å². The van der Waals surface area contributed by atoms with E-state index in [-0.39, 0.29) is 17.7 Å². The summed E-state index contributed by atoms with van der Waals surface area (Å²) in [5, 5.41) is 6.92. The number of carbonyl (C=O) groups excluding carboxylic acids is 2. The van der Waals surface area contributed by atoms with Crippen LogP contribution in [-0.2, 0) is 9.59 Å². The summed E-state index contributed by atoms with van der Waals surface area (Å²) in [6.45, 7) is 8.16. The molecule has 1 aliphatic heterocycles. The van der Waals surface area contributed by atoms with Gasteiger partial charge in [0.25, 0.3) is 0 Å². The molecule has 0 unspecified atom stereocenters. The van der Waals surface area contributed by atoms with Gasteiger partial charge in [-0.15, -0.1) is 0 Å². The highest BCUT2D eigenvalue weighted by Gasteiger charge is 2.25. The number of carbonyl (C=O) groups is 2. The minimum atomic E-state index is -0.0804. The van der Waals surface area contributed by atoms with Crippen LogP contribution in [0.2, 0.25) is 0 Å². The zero-order valence-electron chi connectivity index (χ0n) is 17.0. The summed E-state index contributed by atoms with van der Waals surface area (Å²) >= 11 is 0. The van der Waals surface area contributed by atoms with Gasteiger partial charge in [0.15, 0.2) is 0 Å². The highest BCUT2D eigenvalue weighted by Crippen LogP contribution is 2.28. The van der Waals surface area contributed by atoms with Crippen molar-refractivity contribution >= 4 is 34.2 Å². The Morgan fingerprint density at radius 3 is 2.64 bits per heavy atom. The van der Waals surface area contributed by atoms with E-state index in [1.165, 1.54) is 6.92 Å². The molecule has 1 fully saturated rings. The molecule has 1 aromatic heterocycles. The smallest absolute Gasteiger partial charge is 0.223 e. The molecule has 2 aromatic rings. The quantitative estimate of drug-likeness (QED) is 0.748. The molecule has 6 nitrogen and oxygen atoms in total. The van der Waals surface area contributed by atoms with E-state index in [1.54, 1.807) is 0 Å². The third kappa shape index (κ3) is 4.80. The molecular weight excluding hydrogens is 352 g/mol. The number of rotatable bonds is 6. The summed E-state index contributed by atoms with van der Waals surface area (Å²) in [6, 6.07) is 7.90. The van der Waals surface area contributed by atoms with Gasteiger partial charge in [0.1, 0.15) is 5.82 Å². The summed E-state index contributed by atoms with van der Waals surface area (Å²) in [6.07, 6.45) is 3.85. The molecule has 0 aliphatic carbocycles. The molecular formula is C22H30N4O2. The highest BCUT2D eigenvalue weighted by molar-refractivity contribution is 5.93.